The first-order valence-electron chi connectivity index (χ1n) is 17.5. The average molecular weight is 684 g/mol. The monoisotopic (exact) mass is 683 g/mol. The second-order valence-electron chi connectivity index (χ2n) is 13.4. The number of fused-ring (bicyclic) bond motifs is 8. The molecule has 4 nitrogen and oxygen atoms in total. The first-order valence-corrected chi connectivity index (χ1v) is 18.3. The topological polar surface area (TPSA) is 49.9 Å². The van der Waals surface area contributed by atoms with E-state index in [4.69, 9.17) is 14.4 Å². The van der Waals surface area contributed by atoms with Gasteiger partial charge in [0.1, 0.15) is 23.2 Å². The van der Waals surface area contributed by atoms with Gasteiger partial charge in [0, 0.05) is 47.6 Å². The zero-order valence-corrected chi connectivity index (χ0v) is 28.7. The maximum Gasteiger partial charge on any atom is 0.159 e. The number of rotatable bonds is 4. The fraction of sp³-hybridized carbons (Fsp3) is 0.0213. The second kappa shape index (κ2) is 11.5. The zero-order chi connectivity index (χ0) is 34.2. The Bertz CT molecular complexity index is 3130. The summed E-state index contributed by atoms with van der Waals surface area (Å²) < 4.78 is 9.18. The standard InChI is InChI=1S/C47H29N3OS/c1-3-12-30-24-32(22-20-28(30)10-1)45-48-46(33-23-21-29-11-2-4-13-31(29)25-33)50-47(49-45)39-26-34(27-41-43(39)38-15-5-7-18-40(38)51-41)35-16-9-17-37-36-14-6-8-19-42(36)52-44(35)37/h1-27,47H,(H,48,49,50). The van der Waals surface area contributed by atoms with E-state index in [-0.39, 0.29) is 0 Å². The van der Waals surface area contributed by atoms with Crippen molar-refractivity contribution in [3.8, 4) is 11.1 Å². The molecule has 8 aromatic carbocycles. The predicted molar refractivity (Wildman–Crippen MR) is 219 cm³/mol. The first-order chi connectivity index (χ1) is 25.7. The van der Waals surface area contributed by atoms with Crippen LogP contribution < -0.4 is 5.32 Å². The Morgan fingerprint density at radius 3 is 2.02 bits per heavy atom. The average Bonchev–Trinajstić information content (AvgIpc) is 3.78. The van der Waals surface area contributed by atoms with Crippen molar-refractivity contribution in [2.45, 2.75) is 6.17 Å². The lowest BCUT2D eigenvalue weighted by Crippen LogP contribution is -2.33. The molecule has 0 saturated heterocycles. The van der Waals surface area contributed by atoms with Crippen LogP contribution in [-0.4, -0.2) is 11.7 Å². The van der Waals surface area contributed by atoms with Gasteiger partial charge in [0.05, 0.1) is 0 Å². The number of hydrogen-bond donors (Lipinski definition) is 1. The maximum absolute atomic E-state index is 6.63. The van der Waals surface area contributed by atoms with Crippen molar-refractivity contribution in [3.05, 3.63) is 180 Å². The molecule has 1 aliphatic heterocycles. The Morgan fingerprint density at radius 1 is 0.519 bits per heavy atom. The van der Waals surface area contributed by atoms with Crippen LogP contribution in [0.15, 0.2) is 178 Å². The highest BCUT2D eigenvalue weighted by Gasteiger charge is 2.26. The summed E-state index contributed by atoms with van der Waals surface area (Å²) in [6.45, 7) is 0. The van der Waals surface area contributed by atoms with E-state index in [1.54, 1.807) is 0 Å². The van der Waals surface area contributed by atoms with Gasteiger partial charge < -0.3 is 9.73 Å². The van der Waals surface area contributed by atoms with Crippen molar-refractivity contribution >= 4 is 86.7 Å². The molecule has 1 N–H and O–H groups in total. The number of nitrogens with one attached hydrogen (secondary N) is 1. The molecule has 52 heavy (non-hydrogen) atoms. The number of aliphatic imine (C=N–C) groups is 2. The van der Waals surface area contributed by atoms with E-state index in [0.717, 1.165) is 60.8 Å². The lowest BCUT2D eigenvalue weighted by Gasteiger charge is -2.25. The fourth-order valence-electron chi connectivity index (χ4n) is 7.78. The van der Waals surface area contributed by atoms with Gasteiger partial charge in [-0.1, -0.05) is 127 Å². The molecule has 0 saturated carbocycles. The molecule has 5 heteroatoms. The molecule has 244 valence electrons. The lowest BCUT2D eigenvalue weighted by molar-refractivity contribution is 0.662. The molecule has 0 bridgehead atoms. The molecule has 0 fully saturated rings. The maximum atomic E-state index is 6.63. The van der Waals surface area contributed by atoms with Gasteiger partial charge in [0.15, 0.2) is 5.84 Å². The predicted octanol–water partition coefficient (Wildman–Crippen LogP) is 12.4. The van der Waals surface area contributed by atoms with Crippen LogP contribution in [0.25, 0.3) is 74.8 Å². The summed E-state index contributed by atoms with van der Waals surface area (Å²) in [6, 6.07) is 58.0. The molecule has 2 aromatic heterocycles. The summed E-state index contributed by atoms with van der Waals surface area (Å²) in [6.07, 6.45) is -0.439. The summed E-state index contributed by atoms with van der Waals surface area (Å²) in [5, 5.41) is 13.2. The number of nitrogens with zero attached hydrogens (tertiary/aromatic N) is 2. The summed E-state index contributed by atoms with van der Waals surface area (Å²) in [5.74, 6) is 1.47. The molecule has 1 unspecified atom stereocenters. The number of thiophene rings is 1. The van der Waals surface area contributed by atoms with Crippen molar-refractivity contribution in [1.82, 2.24) is 5.32 Å². The highest BCUT2D eigenvalue weighted by atomic mass is 32.1. The molecule has 1 aliphatic rings. The minimum Gasteiger partial charge on any atom is -0.456 e. The number of benzene rings is 8. The van der Waals surface area contributed by atoms with Crippen LogP contribution in [0.3, 0.4) is 0 Å². The van der Waals surface area contributed by atoms with Gasteiger partial charge in [0.25, 0.3) is 0 Å². The normalized spacial score (nSPS) is 14.7. The van der Waals surface area contributed by atoms with E-state index in [1.807, 2.05) is 23.5 Å². The number of amidine groups is 2. The molecule has 0 aliphatic carbocycles. The van der Waals surface area contributed by atoms with Gasteiger partial charge in [0.2, 0.25) is 0 Å². The zero-order valence-electron chi connectivity index (χ0n) is 27.9. The number of furan rings is 1. The Morgan fingerprint density at radius 2 is 1.19 bits per heavy atom. The van der Waals surface area contributed by atoms with Crippen molar-refractivity contribution in [2.75, 3.05) is 0 Å². The smallest absolute Gasteiger partial charge is 0.159 e. The molecule has 11 rings (SSSR count). The van der Waals surface area contributed by atoms with E-state index in [1.165, 1.54) is 36.5 Å². The van der Waals surface area contributed by atoms with Gasteiger partial charge in [-0.3, -0.25) is 0 Å². The molecular formula is C47H29N3OS. The van der Waals surface area contributed by atoms with Gasteiger partial charge in [-0.15, -0.1) is 11.3 Å². The van der Waals surface area contributed by atoms with Gasteiger partial charge in [-0.2, -0.15) is 0 Å². The van der Waals surface area contributed by atoms with Crippen LogP contribution in [0.1, 0.15) is 22.9 Å². The third kappa shape index (κ3) is 4.67. The molecule has 0 spiro atoms. The SMILES string of the molecule is c1ccc2cc(C3=NC(c4cc(-c5cccc6c5sc5ccccc56)cc5oc6ccccc6c45)NC(c4ccc5ccccc5c4)=N3)ccc2c1. The summed E-state index contributed by atoms with van der Waals surface area (Å²) in [5.41, 5.74) is 7.00. The molecule has 10 aromatic rings. The van der Waals surface area contributed by atoms with Crippen molar-refractivity contribution in [1.29, 1.82) is 0 Å². The van der Waals surface area contributed by atoms with E-state index in [0.29, 0.717) is 5.84 Å². The van der Waals surface area contributed by atoms with Gasteiger partial charge >= 0.3 is 0 Å². The van der Waals surface area contributed by atoms with Crippen LogP contribution in [-0.2, 0) is 0 Å². The fourth-order valence-corrected chi connectivity index (χ4v) is 9.02. The third-order valence-electron chi connectivity index (χ3n) is 10.3. The Hall–Kier alpha value is -6.56. The van der Waals surface area contributed by atoms with E-state index < -0.39 is 6.17 Å². The van der Waals surface area contributed by atoms with Crippen molar-refractivity contribution in [2.24, 2.45) is 9.98 Å². The van der Waals surface area contributed by atoms with E-state index in [9.17, 15) is 0 Å². The van der Waals surface area contributed by atoms with Crippen molar-refractivity contribution < 1.29 is 4.42 Å². The van der Waals surface area contributed by atoms with Crippen molar-refractivity contribution in [3.63, 3.8) is 0 Å². The molecule has 3 heterocycles. The highest BCUT2D eigenvalue weighted by molar-refractivity contribution is 7.26. The number of hydrogen-bond acceptors (Lipinski definition) is 5. The third-order valence-corrected chi connectivity index (χ3v) is 11.5. The van der Waals surface area contributed by atoms with Crippen LogP contribution in [0.4, 0.5) is 0 Å². The van der Waals surface area contributed by atoms with E-state index in [2.05, 4.69) is 157 Å². The quantitative estimate of drug-likeness (QED) is 0.201. The first kappa shape index (κ1) is 29.2. The van der Waals surface area contributed by atoms with Gasteiger partial charge in [-0.25, -0.2) is 9.98 Å². The van der Waals surface area contributed by atoms with Crippen LogP contribution >= 0.6 is 11.3 Å². The van der Waals surface area contributed by atoms with Crippen LogP contribution in [0.2, 0.25) is 0 Å². The lowest BCUT2D eigenvalue weighted by atomic mass is 9.95. The van der Waals surface area contributed by atoms with E-state index >= 15 is 0 Å². The second-order valence-corrected chi connectivity index (χ2v) is 14.5. The van der Waals surface area contributed by atoms with Crippen LogP contribution in [0, 0.1) is 0 Å². The minimum atomic E-state index is -0.439. The Balaban J connectivity index is 1.16. The largest absolute Gasteiger partial charge is 0.456 e. The Kier molecular flexibility index (Phi) is 6.45. The summed E-state index contributed by atoms with van der Waals surface area (Å²) in [4.78, 5) is 10.6. The molecule has 1 atom stereocenters. The molecular weight excluding hydrogens is 655 g/mol. The van der Waals surface area contributed by atoms with Gasteiger partial charge in [-0.05, 0) is 69.1 Å². The molecule has 0 amide bonds. The molecule has 0 radical (unpaired) electrons. The summed E-state index contributed by atoms with van der Waals surface area (Å²) >= 11 is 1.84. The number of para-hydroxylation sites is 1. The highest BCUT2D eigenvalue weighted by Crippen LogP contribution is 2.43. The Labute approximate surface area is 303 Å². The summed E-state index contributed by atoms with van der Waals surface area (Å²) in [7, 11) is 0. The van der Waals surface area contributed by atoms with Crippen LogP contribution in [0.5, 0.6) is 0 Å². The minimum absolute atomic E-state index is 0.439.